The van der Waals surface area contributed by atoms with Crippen LogP contribution in [0.3, 0.4) is 0 Å². The monoisotopic (exact) mass is 1990 g/mol. The summed E-state index contributed by atoms with van der Waals surface area (Å²) >= 11 is 0. The molecule has 0 fully saturated rings. The lowest BCUT2D eigenvalue weighted by Gasteiger charge is -2.46. The SMILES string of the molecule is O=C(F)C(F)(OC(F)(F)C(F)(OC(F)(F)C(F)(OC(F)(F)C(F)(OC(F)(F)C(F)(OC(F)(F)C(F)(OC(F)(F)C(F)(OC(F)(F)C(F)(OC(F)(F)C(F)(OC(F)(F)C(F)(OC(F)(F)C(F)(OC(F)(F)C(F)(F)C(F)(F)F)C(F)(F)F)C(F)(F)F)C(F)(F)F)C(F)(F)F)C(F)(F)F)C(F)(F)F)C(F)(F)F)C(F)(F)F)C(F)(F)F)C(F)(F)F)C(F)(F)F. The average Bonchev–Trinajstić information content (AvgIpc) is 0.709. The maximum atomic E-state index is 15.2. The summed E-state index contributed by atoms with van der Waals surface area (Å²) in [5, 5.41) is 0. The van der Waals surface area contributed by atoms with E-state index < -0.39 is 218 Å². The highest BCUT2D eigenvalue weighted by atomic mass is 19.5. The Morgan fingerprint density at radius 1 is 0.125 bits per heavy atom. The number of carbonyl (C=O) groups excluding carboxylic acids is 1. The summed E-state index contributed by atoms with van der Waals surface area (Å²) in [6.07, 6.45) is -228. The van der Waals surface area contributed by atoms with E-state index >= 15 is 26.3 Å². The van der Waals surface area contributed by atoms with Crippen LogP contribution in [-0.2, 0) is 56.9 Å². The van der Waals surface area contributed by atoms with E-state index in [2.05, 4.69) is 0 Å². The molecule has 720 valence electrons. The molecule has 0 aliphatic heterocycles. The Bertz CT molecular complexity index is 3520. The van der Waals surface area contributed by atoms with E-state index in [0.29, 0.717) is 23.7 Å². The fourth-order valence-corrected chi connectivity index (χ4v) is 5.86. The molecule has 0 heterocycles. The van der Waals surface area contributed by atoms with Gasteiger partial charge in [0.15, 0.2) is 0 Å². The van der Waals surface area contributed by atoms with Gasteiger partial charge in [-0.25, -0.2) is 0 Å². The molecule has 0 aromatic rings. The fourth-order valence-electron chi connectivity index (χ4n) is 5.86. The molecule has 0 saturated carbocycles. The third-order valence-corrected chi connectivity index (χ3v) is 11.7. The van der Waals surface area contributed by atoms with Gasteiger partial charge in [0.1, 0.15) is 0 Å². The first-order valence-corrected chi connectivity index (χ1v) is 24.3. The Hall–Kier alpha value is -5.81. The van der Waals surface area contributed by atoms with Crippen molar-refractivity contribution >= 4 is 6.04 Å². The van der Waals surface area contributed by atoms with Gasteiger partial charge >= 0.3 is 218 Å². The summed E-state index contributed by atoms with van der Waals surface area (Å²) in [5.41, 5.74) is 0. The lowest BCUT2D eigenvalue weighted by atomic mass is 10.1. The zero-order valence-electron chi connectivity index (χ0n) is 50.1. The first kappa shape index (κ1) is 114. The van der Waals surface area contributed by atoms with E-state index in [-0.39, 0.29) is 23.7 Å². The molecule has 0 aromatic carbocycles. The second-order valence-corrected chi connectivity index (χ2v) is 20.2. The quantitative estimate of drug-likeness (QED) is 0.0451. The topological polar surface area (TPSA) is 119 Å². The summed E-state index contributed by atoms with van der Waals surface area (Å²) < 4.78 is 1010. The van der Waals surface area contributed by atoms with Crippen molar-refractivity contribution in [3.05, 3.63) is 0 Å². The van der Waals surface area contributed by atoms with Crippen LogP contribution < -0.4 is 0 Å². The molecule has 11 unspecified atom stereocenters. The molecular weight excluding hydrogens is 1990 g/mol. The van der Waals surface area contributed by atoms with Crippen molar-refractivity contribution in [3.63, 3.8) is 0 Å². The van der Waals surface area contributed by atoms with Crippen molar-refractivity contribution in [1.29, 1.82) is 0 Å². The van der Waals surface area contributed by atoms with Gasteiger partial charge in [-0.2, -0.15) is 316 Å². The Morgan fingerprint density at radius 3 is 0.292 bits per heavy atom. The summed E-state index contributed by atoms with van der Waals surface area (Å²) in [7, 11) is 0. The zero-order chi connectivity index (χ0) is 98.9. The highest BCUT2D eigenvalue weighted by molar-refractivity contribution is 5.77. The molecule has 0 aliphatic rings. The van der Waals surface area contributed by atoms with Crippen LogP contribution in [0.2, 0.25) is 0 Å². The first-order valence-electron chi connectivity index (χ1n) is 24.3. The van der Waals surface area contributed by atoms with Gasteiger partial charge in [-0.15, -0.1) is 0 Å². The molecule has 0 radical (unpaired) electrons. The van der Waals surface area contributed by atoms with Crippen molar-refractivity contribution in [3.8, 4) is 0 Å². The number of hydrogen-bond acceptors (Lipinski definition) is 12. The maximum absolute atomic E-state index is 15.2. The van der Waals surface area contributed by atoms with Gasteiger partial charge in [-0.1, -0.05) is 0 Å². The van der Waals surface area contributed by atoms with Gasteiger partial charge in [0.05, 0.1) is 0 Å². The molecule has 0 saturated heterocycles. The zero-order valence-corrected chi connectivity index (χ0v) is 50.1. The van der Waals surface area contributed by atoms with Gasteiger partial charge in [-0.05, 0) is 0 Å². The summed E-state index contributed by atoms with van der Waals surface area (Å²) in [6, 6.07) is -5.59. The van der Waals surface area contributed by atoms with Crippen LogP contribution in [0.4, 0.5) is 316 Å². The fraction of sp³-hybridized carbons (Fsp3) is 0.972. The van der Waals surface area contributed by atoms with Crippen molar-refractivity contribution < 1.29 is 373 Å². The van der Waals surface area contributed by atoms with Crippen LogP contribution in [0, 0.1) is 0 Å². The predicted molar refractivity (Wildman–Crippen MR) is 192 cm³/mol. The molecule has 0 aliphatic carbocycles. The normalized spacial score (nSPS) is 21.5. The van der Waals surface area contributed by atoms with E-state index in [1.54, 1.807) is 0 Å². The van der Waals surface area contributed by atoms with Gasteiger partial charge < -0.3 is 0 Å². The number of hydrogen-bond donors (Lipinski definition) is 0. The molecule has 0 N–H and O–H groups in total. The van der Waals surface area contributed by atoms with Crippen LogP contribution >= 0.6 is 0 Å². The van der Waals surface area contributed by atoms with Gasteiger partial charge in [0.2, 0.25) is 0 Å². The summed E-state index contributed by atoms with van der Waals surface area (Å²) in [4.78, 5) is 10.2. The molecule has 84 heteroatoms. The Morgan fingerprint density at radius 2 is 0.217 bits per heavy atom. The second kappa shape index (κ2) is 29.9. The summed E-state index contributed by atoms with van der Waals surface area (Å²) in [6.45, 7) is 0. The Kier molecular flexibility index (Phi) is 28.5. The number of ether oxygens (including phenoxy) is 11. The Labute approximate surface area is 592 Å². The minimum Gasteiger partial charge on any atom is -0.263 e. The van der Waals surface area contributed by atoms with Crippen molar-refractivity contribution in [2.24, 2.45) is 0 Å². The third kappa shape index (κ3) is 18.6. The number of rotatable bonds is 34. The van der Waals surface area contributed by atoms with Crippen LogP contribution in [0.15, 0.2) is 0 Å². The van der Waals surface area contributed by atoms with E-state index in [1.807, 2.05) is 0 Å². The van der Waals surface area contributed by atoms with E-state index in [0.717, 1.165) is 4.74 Å². The molecule has 0 aromatic heterocycles. The summed E-state index contributed by atoms with van der Waals surface area (Å²) in [5.74, 6) is -121. The Balaban J connectivity index is 9.05. The average molecular weight is 1990 g/mol. The van der Waals surface area contributed by atoms with E-state index in [9.17, 15) is 295 Å². The minimum absolute atomic E-state index is 0.198. The second-order valence-electron chi connectivity index (χ2n) is 20.2. The molecule has 12 nitrogen and oxygen atoms in total. The lowest BCUT2D eigenvalue weighted by Crippen LogP contribution is -2.74. The van der Waals surface area contributed by atoms with Crippen LogP contribution in [-0.4, -0.2) is 218 Å². The van der Waals surface area contributed by atoms with E-state index in [1.165, 1.54) is 0 Å². The van der Waals surface area contributed by atoms with Gasteiger partial charge in [-0.3, -0.25) is 56.9 Å². The van der Waals surface area contributed by atoms with Crippen LogP contribution in [0.5, 0.6) is 0 Å². The standard InChI is InChI=1S/C36F72O12/c37-1(109)2(38,14(51,52)53)110-27(89,90)4(41,16(57,58)59)112-29(93,94)6(43,18(63,64)65)114-31(97,98)8(45,20(69,70)71)116-33(101,102)10(47,22(75,76)77)118-35(105,106)12(49,24(81,82)83)120-36(107,108)13(50,25(84,85)86)119-34(103,104)11(48,23(78,79)80)117-32(99,100)9(46,21(72,73)74)115-30(95,96)7(44,19(66,67)68)113-28(91,92)5(42,17(60,61)62)111-26(87,88)3(39,40)15(54,55)56. The molecule has 120 heavy (non-hydrogen) atoms. The largest absolute Gasteiger partial charge is 0.462 e. The van der Waals surface area contributed by atoms with Crippen LogP contribution in [0.25, 0.3) is 0 Å². The maximum Gasteiger partial charge on any atom is 0.462 e. The highest BCUT2D eigenvalue weighted by Crippen LogP contribution is 2.68. The molecule has 0 amide bonds. The molecule has 0 spiro atoms. The van der Waals surface area contributed by atoms with Crippen molar-refractivity contribution in [1.82, 2.24) is 0 Å². The third-order valence-electron chi connectivity index (χ3n) is 11.7. The lowest BCUT2D eigenvalue weighted by molar-refractivity contribution is -0.614. The van der Waals surface area contributed by atoms with Crippen molar-refractivity contribution in [2.45, 2.75) is 212 Å². The molecule has 11 atom stereocenters. The predicted octanol–water partition coefficient (Wildman–Crippen LogP) is 21.9. The number of alkyl halides is 71. The van der Waals surface area contributed by atoms with Gasteiger partial charge in [0, 0.05) is 0 Å². The van der Waals surface area contributed by atoms with Crippen LogP contribution in [0.1, 0.15) is 0 Å². The number of carbonyl (C=O) groups is 1. The van der Waals surface area contributed by atoms with E-state index in [4.69, 9.17) is 0 Å². The smallest absolute Gasteiger partial charge is 0.263 e. The molecule has 0 rings (SSSR count). The number of halogens is 72. The van der Waals surface area contributed by atoms with Crippen molar-refractivity contribution in [2.75, 3.05) is 0 Å². The molecule has 0 bridgehead atoms. The van der Waals surface area contributed by atoms with Gasteiger partial charge in [0.25, 0.3) is 0 Å². The minimum atomic E-state index is -10.7. The first-order chi connectivity index (χ1) is 50.5. The molecular formula is C36F72O12. The highest BCUT2D eigenvalue weighted by Gasteiger charge is 2.97.